The van der Waals surface area contributed by atoms with Gasteiger partial charge in [-0.25, -0.2) is 0 Å². The third-order valence-corrected chi connectivity index (χ3v) is 11.9. The van der Waals surface area contributed by atoms with E-state index in [4.69, 9.17) is 4.42 Å². The van der Waals surface area contributed by atoms with Gasteiger partial charge in [0.05, 0.1) is 5.69 Å². The molecule has 62 heavy (non-hydrogen) atoms. The molecular formula is C60H41NO. The highest BCUT2D eigenvalue weighted by atomic mass is 16.3. The van der Waals surface area contributed by atoms with Crippen molar-refractivity contribution < 1.29 is 4.42 Å². The van der Waals surface area contributed by atoms with Crippen LogP contribution in [0.1, 0.15) is 0 Å². The zero-order chi connectivity index (χ0) is 41.2. The third-order valence-electron chi connectivity index (χ3n) is 11.9. The van der Waals surface area contributed by atoms with E-state index in [1.54, 1.807) is 0 Å². The van der Waals surface area contributed by atoms with Crippen LogP contribution in [0.5, 0.6) is 0 Å². The van der Waals surface area contributed by atoms with Crippen molar-refractivity contribution in [1.82, 2.24) is 0 Å². The van der Waals surface area contributed by atoms with Crippen LogP contribution < -0.4 is 4.90 Å². The minimum atomic E-state index is 0.892. The highest BCUT2D eigenvalue weighted by Gasteiger charge is 2.22. The number of hydrogen-bond donors (Lipinski definition) is 0. The molecule has 1 aromatic heterocycles. The van der Waals surface area contributed by atoms with Gasteiger partial charge in [-0.1, -0.05) is 206 Å². The summed E-state index contributed by atoms with van der Waals surface area (Å²) in [6.45, 7) is 0. The van der Waals surface area contributed by atoms with Gasteiger partial charge in [0.15, 0.2) is 0 Å². The van der Waals surface area contributed by atoms with E-state index in [1.165, 1.54) is 44.5 Å². The zero-order valence-corrected chi connectivity index (χ0v) is 34.0. The third kappa shape index (κ3) is 6.84. The van der Waals surface area contributed by atoms with Crippen LogP contribution in [0.2, 0.25) is 0 Å². The first-order chi connectivity index (χ1) is 30.8. The molecule has 11 rings (SSSR count). The summed E-state index contributed by atoms with van der Waals surface area (Å²) < 4.78 is 6.56. The summed E-state index contributed by atoms with van der Waals surface area (Å²) >= 11 is 0. The second kappa shape index (κ2) is 16.1. The first-order valence-electron chi connectivity index (χ1n) is 21.2. The van der Waals surface area contributed by atoms with Crippen molar-refractivity contribution in [3.63, 3.8) is 0 Å². The van der Waals surface area contributed by atoms with Crippen LogP contribution in [-0.2, 0) is 0 Å². The Kier molecular flexibility index (Phi) is 9.57. The Balaban J connectivity index is 1.11. The van der Waals surface area contributed by atoms with Gasteiger partial charge in [0.25, 0.3) is 0 Å². The molecule has 0 saturated carbocycles. The number of anilines is 3. The smallest absolute Gasteiger partial charge is 0.143 e. The van der Waals surface area contributed by atoms with Gasteiger partial charge in [-0.3, -0.25) is 0 Å². The summed E-state index contributed by atoms with van der Waals surface area (Å²) in [6.07, 6.45) is 0. The molecule has 11 aromatic rings. The Bertz CT molecular complexity index is 3330. The predicted octanol–water partition coefficient (Wildman–Crippen LogP) is 17.1. The van der Waals surface area contributed by atoms with Crippen LogP contribution in [0.15, 0.2) is 253 Å². The summed E-state index contributed by atoms with van der Waals surface area (Å²) in [5.74, 6) is 0. The van der Waals surface area contributed by atoms with E-state index in [9.17, 15) is 0 Å². The average molecular weight is 792 g/mol. The number of fused-ring (bicyclic) bond motifs is 3. The maximum atomic E-state index is 6.56. The minimum Gasteiger partial charge on any atom is -0.455 e. The highest BCUT2D eigenvalue weighted by molar-refractivity contribution is 6.10. The van der Waals surface area contributed by atoms with Gasteiger partial charge in [0.1, 0.15) is 11.2 Å². The lowest BCUT2D eigenvalue weighted by Crippen LogP contribution is -2.11. The van der Waals surface area contributed by atoms with E-state index < -0.39 is 0 Å². The molecule has 2 nitrogen and oxygen atoms in total. The van der Waals surface area contributed by atoms with E-state index >= 15 is 0 Å². The fourth-order valence-corrected chi connectivity index (χ4v) is 8.94. The molecule has 0 aliphatic rings. The molecule has 0 aliphatic carbocycles. The fraction of sp³-hybridized carbons (Fsp3) is 0. The predicted molar refractivity (Wildman–Crippen MR) is 261 cm³/mol. The molecule has 2 heteroatoms. The second-order valence-corrected chi connectivity index (χ2v) is 15.6. The quantitative estimate of drug-likeness (QED) is 0.145. The van der Waals surface area contributed by atoms with Gasteiger partial charge in [-0.2, -0.15) is 0 Å². The van der Waals surface area contributed by atoms with Crippen LogP contribution in [0.3, 0.4) is 0 Å². The molecule has 1 heterocycles. The molecule has 292 valence electrons. The molecule has 0 saturated heterocycles. The monoisotopic (exact) mass is 791 g/mol. The van der Waals surface area contributed by atoms with Gasteiger partial charge in [-0.05, 0) is 98.1 Å². The molecule has 0 spiro atoms. The van der Waals surface area contributed by atoms with Crippen LogP contribution >= 0.6 is 0 Å². The lowest BCUT2D eigenvalue weighted by atomic mass is 9.87. The summed E-state index contributed by atoms with van der Waals surface area (Å²) in [5.41, 5.74) is 18.8. The Hall–Kier alpha value is -8.20. The van der Waals surface area contributed by atoms with Crippen molar-refractivity contribution in [3.05, 3.63) is 249 Å². The molecule has 0 amide bonds. The number of para-hydroxylation sites is 3. The van der Waals surface area contributed by atoms with Gasteiger partial charge in [0.2, 0.25) is 0 Å². The molecule has 0 radical (unpaired) electrons. The number of rotatable bonds is 9. The highest BCUT2D eigenvalue weighted by Crippen LogP contribution is 2.47. The van der Waals surface area contributed by atoms with Crippen LogP contribution in [0.4, 0.5) is 17.1 Å². The molecule has 0 unspecified atom stereocenters. The number of nitrogens with zero attached hydrogens (tertiary/aromatic N) is 1. The number of furan rings is 1. The largest absolute Gasteiger partial charge is 0.455 e. The molecule has 0 fully saturated rings. The van der Waals surface area contributed by atoms with Crippen molar-refractivity contribution >= 4 is 39.0 Å². The normalized spacial score (nSPS) is 11.2. The second-order valence-electron chi connectivity index (χ2n) is 15.6. The molecule has 0 bridgehead atoms. The Morgan fingerprint density at radius 3 is 1.52 bits per heavy atom. The number of benzene rings is 10. The first-order valence-corrected chi connectivity index (χ1v) is 21.2. The summed E-state index contributed by atoms with van der Waals surface area (Å²) in [6, 6.07) is 89.1. The van der Waals surface area contributed by atoms with E-state index in [2.05, 4.69) is 241 Å². The maximum absolute atomic E-state index is 6.56. The van der Waals surface area contributed by atoms with E-state index in [0.29, 0.717) is 0 Å². The van der Waals surface area contributed by atoms with Crippen molar-refractivity contribution in [2.45, 2.75) is 0 Å². The summed E-state index contributed by atoms with van der Waals surface area (Å²) in [5, 5.41) is 2.24. The fourth-order valence-electron chi connectivity index (χ4n) is 8.94. The van der Waals surface area contributed by atoms with Crippen LogP contribution in [0, 0.1) is 0 Å². The zero-order valence-electron chi connectivity index (χ0n) is 34.0. The standard InChI is InChI=1S/C60H41NO/c1-4-18-42(19-5-1)44-34-37-48(38-35-44)61(49-25-16-24-47(40-49)51-30-17-31-56-55-29-13-15-33-59(55)62-60(51)56)58-32-14-12-28-54(58)52-26-10-11-27-53(52)57-41-46(43-20-6-2-7-21-43)36-39-50(57)45-22-8-3-9-23-45/h1-41H. The maximum Gasteiger partial charge on any atom is 0.143 e. The molecule has 0 N–H and O–H groups in total. The van der Waals surface area contributed by atoms with Gasteiger partial charge in [0, 0.05) is 33.3 Å². The van der Waals surface area contributed by atoms with Crippen molar-refractivity contribution in [2.75, 3.05) is 4.90 Å². The van der Waals surface area contributed by atoms with E-state index in [1.807, 2.05) is 12.1 Å². The summed E-state index contributed by atoms with van der Waals surface area (Å²) in [4.78, 5) is 2.40. The van der Waals surface area contributed by atoms with Crippen LogP contribution in [-0.4, -0.2) is 0 Å². The first kappa shape index (κ1) is 36.8. The molecule has 0 atom stereocenters. The van der Waals surface area contributed by atoms with Crippen molar-refractivity contribution in [2.24, 2.45) is 0 Å². The molecular weight excluding hydrogens is 751 g/mol. The topological polar surface area (TPSA) is 16.4 Å². The minimum absolute atomic E-state index is 0.892. The van der Waals surface area contributed by atoms with Crippen molar-refractivity contribution in [3.8, 4) is 66.8 Å². The Labute approximate surface area is 362 Å². The van der Waals surface area contributed by atoms with E-state index in [0.717, 1.165) is 61.3 Å². The number of hydrogen-bond acceptors (Lipinski definition) is 2. The van der Waals surface area contributed by atoms with E-state index in [-0.39, 0.29) is 0 Å². The summed E-state index contributed by atoms with van der Waals surface area (Å²) in [7, 11) is 0. The van der Waals surface area contributed by atoms with Gasteiger partial charge in [-0.15, -0.1) is 0 Å². The SMILES string of the molecule is c1ccc(-c2ccc(N(c3cccc(-c4cccc5c4oc4ccccc45)c3)c3ccccc3-c3ccccc3-c3cc(-c4ccccc4)ccc3-c3ccccc3)cc2)cc1. The van der Waals surface area contributed by atoms with Crippen LogP contribution in [0.25, 0.3) is 88.7 Å². The Morgan fingerprint density at radius 2 is 0.774 bits per heavy atom. The Morgan fingerprint density at radius 1 is 0.258 bits per heavy atom. The molecule has 0 aliphatic heterocycles. The average Bonchev–Trinajstić information content (AvgIpc) is 3.74. The van der Waals surface area contributed by atoms with Gasteiger partial charge < -0.3 is 9.32 Å². The lowest BCUT2D eigenvalue weighted by molar-refractivity contribution is 0.670. The molecule has 10 aromatic carbocycles. The van der Waals surface area contributed by atoms with Crippen molar-refractivity contribution in [1.29, 1.82) is 0 Å². The lowest BCUT2D eigenvalue weighted by Gasteiger charge is -2.29. The van der Waals surface area contributed by atoms with Gasteiger partial charge >= 0.3 is 0 Å².